The Morgan fingerprint density at radius 3 is 2.33 bits per heavy atom. The molecule has 8 heteroatoms. The van der Waals surface area contributed by atoms with Gasteiger partial charge in [-0.15, -0.1) is 0 Å². The molecule has 0 aliphatic carbocycles. The molecule has 0 spiro atoms. The zero-order valence-electron chi connectivity index (χ0n) is 10.1. The van der Waals surface area contributed by atoms with Gasteiger partial charge in [-0.2, -0.15) is 8.78 Å². The molecule has 1 rings (SSSR count). The highest BCUT2D eigenvalue weighted by atomic mass is 19.3. The Labute approximate surface area is 101 Å². The molecule has 1 heterocycles. The van der Waals surface area contributed by atoms with Gasteiger partial charge in [-0.1, -0.05) is 0 Å². The normalized spacial score (nSPS) is 24.4. The second-order valence-electron chi connectivity index (χ2n) is 4.74. The molecule has 0 saturated carbocycles. The zero-order chi connectivity index (χ0) is 14.3. The van der Waals surface area contributed by atoms with Gasteiger partial charge in [-0.05, 0) is 20.8 Å². The largest absolute Gasteiger partial charge is 0.343 e. The summed E-state index contributed by atoms with van der Waals surface area (Å²) in [5, 5.41) is 2.30. The molecule has 1 N–H and O–H groups in total. The van der Waals surface area contributed by atoms with Crippen molar-refractivity contribution in [1.82, 2.24) is 10.2 Å². The van der Waals surface area contributed by atoms with Gasteiger partial charge in [0.1, 0.15) is 11.6 Å². The molecule has 18 heavy (non-hydrogen) atoms. The second-order valence-corrected chi connectivity index (χ2v) is 4.74. The maximum Gasteiger partial charge on any atom is 0.324 e. The van der Waals surface area contributed by atoms with Gasteiger partial charge in [0.2, 0.25) is 11.8 Å². The number of piperazine rings is 1. The number of carbonyl (C=O) groups excluding carboxylic acids is 2. The molecule has 0 aromatic heterocycles. The second kappa shape index (κ2) is 4.40. The number of halogens is 4. The Morgan fingerprint density at radius 1 is 1.39 bits per heavy atom. The summed E-state index contributed by atoms with van der Waals surface area (Å²) < 4.78 is 50.4. The molecule has 104 valence electrons. The predicted octanol–water partition coefficient (Wildman–Crippen LogP) is 1.01. The first-order chi connectivity index (χ1) is 8.00. The van der Waals surface area contributed by atoms with Crippen LogP contribution in [0.3, 0.4) is 0 Å². The maximum absolute atomic E-state index is 13.0. The Hall–Kier alpha value is -1.34. The number of hydrogen-bond donors (Lipinski definition) is 1. The third kappa shape index (κ3) is 2.41. The molecule has 1 saturated heterocycles. The van der Waals surface area contributed by atoms with Crippen LogP contribution in [-0.4, -0.2) is 47.2 Å². The van der Waals surface area contributed by atoms with Crippen molar-refractivity contribution in [2.75, 3.05) is 6.54 Å². The molecule has 4 nitrogen and oxygen atoms in total. The van der Waals surface area contributed by atoms with Crippen molar-refractivity contribution in [3.05, 3.63) is 0 Å². The van der Waals surface area contributed by atoms with Gasteiger partial charge in [-0.25, -0.2) is 8.78 Å². The maximum atomic E-state index is 13.0. The highest BCUT2D eigenvalue weighted by Crippen LogP contribution is 2.29. The van der Waals surface area contributed by atoms with E-state index in [-0.39, 0.29) is 0 Å². The first-order valence-electron chi connectivity index (χ1n) is 5.28. The van der Waals surface area contributed by atoms with Crippen LogP contribution in [0.5, 0.6) is 0 Å². The molecule has 1 unspecified atom stereocenters. The van der Waals surface area contributed by atoms with Gasteiger partial charge < -0.3 is 10.2 Å². The average Bonchev–Trinajstić information content (AvgIpc) is 2.22. The van der Waals surface area contributed by atoms with E-state index in [2.05, 4.69) is 5.32 Å². The number of amides is 2. The van der Waals surface area contributed by atoms with E-state index in [1.165, 1.54) is 20.8 Å². The van der Waals surface area contributed by atoms with E-state index >= 15 is 0 Å². The Bertz CT molecular complexity index is 371. The number of nitrogens with one attached hydrogen (secondary N) is 1. The highest BCUT2D eigenvalue weighted by molar-refractivity contribution is 5.99. The van der Waals surface area contributed by atoms with Crippen molar-refractivity contribution in [2.24, 2.45) is 0 Å². The van der Waals surface area contributed by atoms with Crippen molar-refractivity contribution >= 4 is 11.8 Å². The first kappa shape index (κ1) is 14.7. The lowest BCUT2D eigenvalue weighted by Crippen LogP contribution is -2.69. The topological polar surface area (TPSA) is 49.4 Å². The van der Waals surface area contributed by atoms with E-state index in [0.717, 1.165) is 0 Å². The van der Waals surface area contributed by atoms with Crippen LogP contribution in [0.25, 0.3) is 0 Å². The lowest BCUT2D eigenvalue weighted by Gasteiger charge is -2.44. The fourth-order valence-corrected chi connectivity index (χ4v) is 1.62. The van der Waals surface area contributed by atoms with Gasteiger partial charge in [0.05, 0.1) is 6.54 Å². The fraction of sp³-hybridized carbons (Fsp3) is 0.800. The monoisotopic (exact) mass is 270 g/mol. The lowest BCUT2D eigenvalue weighted by molar-refractivity contribution is -0.176. The zero-order valence-corrected chi connectivity index (χ0v) is 10.1. The Kier molecular flexibility index (Phi) is 3.60. The predicted molar refractivity (Wildman–Crippen MR) is 54.3 cm³/mol. The van der Waals surface area contributed by atoms with Crippen LogP contribution in [0.2, 0.25) is 0 Å². The van der Waals surface area contributed by atoms with Gasteiger partial charge in [0.25, 0.3) is 0 Å². The standard InChI is InChI=1S/C10H14F4N2O2/c1-5-6(17)16(4-10(13,14)7(11)12)9(2,3)8(18)15-5/h5,7H,4H2,1-3H3,(H,15,18). The molecule has 0 aromatic rings. The van der Waals surface area contributed by atoms with E-state index in [0.29, 0.717) is 4.90 Å². The van der Waals surface area contributed by atoms with Crippen molar-refractivity contribution < 1.29 is 27.2 Å². The number of alkyl halides is 4. The minimum Gasteiger partial charge on any atom is -0.343 e. The summed E-state index contributed by atoms with van der Waals surface area (Å²) in [7, 11) is 0. The van der Waals surface area contributed by atoms with Gasteiger partial charge in [0.15, 0.2) is 0 Å². The number of hydrogen-bond acceptors (Lipinski definition) is 2. The fourth-order valence-electron chi connectivity index (χ4n) is 1.62. The van der Waals surface area contributed by atoms with Crippen LogP contribution in [0.15, 0.2) is 0 Å². The van der Waals surface area contributed by atoms with Crippen molar-refractivity contribution in [1.29, 1.82) is 0 Å². The number of nitrogens with zero attached hydrogens (tertiary/aromatic N) is 1. The summed E-state index contributed by atoms with van der Waals surface area (Å²) >= 11 is 0. The molecule has 1 atom stereocenters. The molecule has 1 aliphatic rings. The smallest absolute Gasteiger partial charge is 0.324 e. The van der Waals surface area contributed by atoms with Crippen molar-refractivity contribution in [3.8, 4) is 0 Å². The van der Waals surface area contributed by atoms with Crippen LogP contribution in [0, 0.1) is 0 Å². The Morgan fingerprint density at radius 2 is 1.89 bits per heavy atom. The minimum absolute atomic E-state index is 0.503. The van der Waals surface area contributed by atoms with Crippen LogP contribution < -0.4 is 5.32 Å². The van der Waals surface area contributed by atoms with Gasteiger partial charge in [-0.3, -0.25) is 9.59 Å². The summed E-state index contributed by atoms with van der Waals surface area (Å²) in [6.07, 6.45) is -3.89. The van der Waals surface area contributed by atoms with Gasteiger partial charge in [0, 0.05) is 0 Å². The van der Waals surface area contributed by atoms with Crippen LogP contribution in [0.4, 0.5) is 17.6 Å². The molecule has 1 fully saturated rings. The quantitative estimate of drug-likeness (QED) is 0.778. The summed E-state index contributed by atoms with van der Waals surface area (Å²) in [5.74, 6) is -5.80. The molecule has 2 amide bonds. The van der Waals surface area contributed by atoms with E-state index < -0.39 is 42.3 Å². The van der Waals surface area contributed by atoms with Crippen molar-refractivity contribution in [2.45, 2.75) is 44.7 Å². The van der Waals surface area contributed by atoms with Gasteiger partial charge >= 0.3 is 12.3 Å². The molecule has 0 radical (unpaired) electrons. The summed E-state index contributed by atoms with van der Waals surface area (Å²) in [4.78, 5) is 23.8. The summed E-state index contributed by atoms with van der Waals surface area (Å²) in [6.45, 7) is 2.29. The highest BCUT2D eigenvalue weighted by Gasteiger charge is 2.51. The number of rotatable bonds is 3. The van der Waals surface area contributed by atoms with Crippen LogP contribution in [0.1, 0.15) is 20.8 Å². The molecule has 1 aliphatic heterocycles. The average molecular weight is 270 g/mol. The van der Waals surface area contributed by atoms with E-state index in [1.807, 2.05) is 0 Å². The first-order valence-corrected chi connectivity index (χ1v) is 5.28. The van der Waals surface area contributed by atoms with Crippen LogP contribution in [-0.2, 0) is 9.59 Å². The van der Waals surface area contributed by atoms with E-state index in [1.54, 1.807) is 0 Å². The third-order valence-electron chi connectivity index (χ3n) is 2.90. The summed E-state index contributed by atoms with van der Waals surface area (Å²) in [5.41, 5.74) is -1.58. The minimum atomic E-state index is -4.34. The molecule has 0 bridgehead atoms. The van der Waals surface area contributed by atoms with E-state index in [4.69, 9.17) is 0 Å². The third-order valence-corrected chi connectivity index (χ3v) is 2.90. The summed E-state index contributed by atoms with van der Waals surface area (Å²) in [6, 6.07) is -1.00. The SMILES string of the molecule is CC1NC(=O)C(C)(C)N(CC(F)(F)C(F)F)C1=O. The number of carbonyl (C=O) groups is 2. The molecular weight excluding hydrogens is 256 g/mol. The van der Waals surface area contributed by atoms with Crippen LogP contribution >= 0.6 is 0 Å². The lowest BCUT2D eigenvalue weighted by atomic mass is 9.95. The van der Waals surface area contributed by atoms with E-state index in [9.17, 15) is 27.2 Å². The molecule has 0 aromatic carbocycles. The Balaban J connectivity index is 3.03. The molecular formula is C10H14F4N2O2. The van der Waals surface area contributed by atoms with Crippen molar-refractivity contribution in [3.63, 3.8) is 0 Å².